The second-order valence-corrected chi connectivity index (χ2v) is 3.95. The van der Waals surface area contributed by atoms with Gasteiger partial charge in [0.15, 0.2) is 0 Å². The summed E-state index contributed by atoms with van der Waals surface area (Å²) < 4.78 is 1.14. The predicted octanol–water partition coefficient (Wildman–Crippen LogP) is 3.67. The minimum Gasteiger partial charge on any atom is -0.256 e. The number of benzene rings is 2. The molecule has 0 fully saturated rings. The van der Waals surface area contributed by atoms with Crippen molar-refractivity contribution >= 4 is 38.6 Å². The molecule has 62 valence electrons. The van der Waals surface area contributed by atoms with Gasteiger partial charge in [-0.05, 0) is 17.5 Å². The van der Waals surface area contributed by atoms with Crippen LogP contribution >= 0.6 is 15.9 Å². The summed E-state index contributed by atoms with van der Waals surface area (Å²) in [5, 5.41) is 2.50. The van der Waals surface area contributed by atoms with Crippen LogP contribution < -0.4 is 0 Å². The Morgan fingerprint density at radius 3 is 2.92 bits per heavy atom. The van der Waals surface area contributed by atoms with Crippen LogP contribution in [0.4, 0.5) is 5.69 Å². The molecule has 0 aromatic heterocycles. The summed E-state index contributed by atoms with van der Waals surface area (Å²) in [5.74, 6) is 0. The van der Waals surface area contributed by atoms with Crippen molar-refractivity contribution in [2.45, 2.75) is 0 Å². The highest BCUT2D eigenvalue weighted by molar-refractivity contribution is 9.10. The van der Waals surface area contributed by atoms with Crippen molar-refractivity contribution in [3.63, 3.8) is 0 Å². The van der Waals surface area contributed by atoms with Crippen LogP contribution in [0.2, 0.25) is 0 Å². The summed E-state index contributed by atoms with van der Waals surface area (Å²) in [6.45, 7) is 0. The SMILES string of the molecule is Brc1ccc2c3c(cccc13)C=N2. The molecule has 2 aromatic carbocycles. The van der Waals surface area contributed by atoms with E-state index >= 15 is 0 Å². The third-order valence-electron chi connectivity index (χ3n) is 2.34. The number of halogens is 1. The zero-order valence-electron chi connectivity index (χ0n) is 6.79. The second kappa shape index (κ2) is 2.42. The van der Waals surface area contributed by atoms with Crippen molar-refractivity contribution in [2.24, 2.45) is 4.99 Å². The van der Waals surface area contributed by atoms with Crippen LogP contribution in [0.3, 0.4) is 0 Å². The van der Waals surface area contributed by atoms with Crippen LogP contribution in [-0.2, 0) is 0 Å². The van der Waals surface area contributed by atoms with Crippen LogP contribution in [0, 0.1) is 0 Å². The number of aliphatic imine (C=N–C) groups is 1. The van der Waals surface area contributed by atoms with E-state index in [9.17, 15) is 0 Å². The lowest BCUT2D eigenvalue weighted by Crippen LogP contribution is -1.78. The van der Waals surface area contributed by atoms with E-state index in [1.165, 1.54) is 16.3 Å². The number of hydrogen-bond acceptors (Lipinski definition) is 1. The molecule has 1 heterocycles. The van der Waals surface area contributed by atoms with Crippen molar-refractivity contribution in [3.05, 3.63) is 40.4 Å². The summed E-state index contributed by atoms with van der Waals surface area (Å²) in [4.78, 5) is 4.34. The number of rotatable bonds is 0. The van der Waals surface area contributed by atoms with E-state index in [1.54, 1.807) is 0 Å². The van der Waals surface area contributed by atoms with Gasteiger partial charge in [-0.3, -0.25) is 4.99 Å². The van der Waals surface area contributed by atoms with Crippen LogP contribution in [-0.4, -0.2) is 6.21 Å². The van der Waals surface area contributed by atoms with Crippen molar-refractivity contribution in [3.8, 4) is 0 Å². The van der Waals surface area contributed by atoms with Gasteiger partial charge in [-0.2, -0.15) is 0 Å². The van der Waals surface area contributed by atoms with Gasteiger partial charge in [0, 0.05) is 21.6 Å². The summed E-state index contributed by atoms with van der Waals surface area (Å²) >= 11 is 3.54. The largest absolute Gasteiger partial charge is 0.256 e. The molecule has 0 aliphatic carbocycles. The topological polar surface area (TPSA) is 12.4 Å². The van der Waals surface area contributed by atoms with Gasteiger partial charge in [-0.1, -0.05) is 34.1 Å². The molecule has 0 saturated heterocycles. The van der Waals surface area contributed by atoms with Crippen LogP contribution in [0.1, 0.15) is 5.56 Å². The van der Waals surface area contributed by atoms with Gasteiger partial charge in [0.25, 0.3) is 0 Å². The van der Waals surface area contributed by atoms with Crippen LogP contribution in [0.25, 0.3) is 10.8 Å². The van der Waals surface area contributed by atoms with Crippen molar-refractivity contribution < 1.29 is 0 Å². The smallest absolute Gasteiger partial charge is 0.0715 e. The van der Waals surface area contributed by atoms with E-state index in [0.29, 0.717) is 0 Å². The molecule has 13 heavy (non-hydrogen) atoms. The van der Waals surface area contributed by atoms with Gasteiger partial charge < -0.3 is 0 Å². The fourth-order valence-corrected chi connectivity index (χ4v) is 2.20. The van der Waals surface area contributed by atoms with E-state index in [0.717, 1.165) is 10.2 Å². The third kappa shape index (κ3) is 0.893. The summed E-state index contributed by atoms with van der Waals surface area (Å²) in [5.41, 5.74) is 2.29. The molecular weight excluding hydrogens is 226 g/mol. The average Bonchev–Trinajstić information content (AvgIpc) is 2.57. The van der Waals surface area contributed by atoms with E-state index in [4.69, 9.17) is 0 Å². The highest BCUT2D eigenvalue weighted by atomic mass is 79.9. The Labute approximate surface area is 84.2 Å². The average molecular weight is 232 g/mol. The van der Waals surface area contributed by atoms with E-state index in [-0.39, 0.29) is 0 Å². The highest BCUT2D eigenvalue weighted by Crippen LogP contribution is 2.36. The molecule has 2 aromatic rings. The van der Waals surface area contributed by atoms with E-state index < -0.39 is 0 Å². The molecule has 3 rings (SSSR count). The molecule has 0 unspecified atom stereocenters. The Kier molecular flexibility index (Phi) is 1.35. The zero-order valence-corrected chi connectivity index (χ0v) is 8.38. The molecule has 0 bridgehead atoms. The molecule has 0 amide bonds. The van der Waals surface area contributed by atoms with Gasteiger partial charge in [-0.15, -0.1) is 0 Å². The molecule has 1 aliphatic rings. The first-order valence-corrected chi connectivity index (χ1v) is 4.91. The third-order valence-corrected chi connectivity index (χ3v) is 3.03. The maximum Gasteiger partial charge on any atom is 0.0715 e. The van der Waals surface area contributed by atoms with Gasteiger partial charge in [0.05, 0.1) is 5.69 Å². The molecule has 2 heteroatoms. The Morgan fingerprint density at radius 2 is 2.00 bits per heavy atom. The highest BCUT2D eigenvalue weighted by Gasteiger charge is 2.10. The first-order chi connectivity index (χ1) is 6.36. The normalized spacial score (nSPS) is 12.7. The number of hydrogen-bond donors (Lipinski definition) is 0. The summed E-state index contributed by atoms with van der Waals surface area (Å²) in [7, 11) is 0. The van der Waals surface area contributed by atoms with Crippen molar-refractivity contribution in [1.82, 2.24) is 0 Å². The molecule has 1 nitrogen and oxygen atoms in total. The maximum atomic E-state index is 4.34. The van der Waals surface area contributed by atoms with Crippen molar-refractivity contribution in [1.29, 1.82) is 0 Å². The molecule has 0 radical (unpaired) electrons. The van der Waals surface area contributed by atoms with Gasteiger partial charge in [-0.25, -0.2) is 0 Å². The van der Waals surface area contributed by atoms with Crippen LogP contribution in [0.15, 0.2) is 39.8 Å². The fraction of sp³-hybridized carbons (Fsp3) is 0. The van der Waals surface area contributed by atoms with Gasteiger partial charge >= 0.3 is 0 Å². The Bertz CT molecular complexity index is 517. The number of nitrogens with zero attached hydrogens (tertiary/aromatic N) is 1. The fourth-order valence-electron chi connectivity index (χ4n) is 1.73. The lowest BCUT2D eigenvalue weighted by atomic mass is 10.1. The Hall–Kier alpha value is -1.15. The molecule has 0 spiro atoms. The minimum atomic E-state index is 1.08. The zero-order chi connectivity index (χ0) is 8.84. The quantitative estimate of drug-likeness (QED) is 0.560. The van der Waals surface area contributed by atoms with Crippen LogP contribution in [0.5, 0.6) is 0 Å². The van der Waals surface area contributed by atoms with Gasteiger partial charge in [0.1, 0.15) is 0 Å². The molecule has 0 saturated carbocycles. The van der Waals surface area contributed by atoms with Gasteiger partial charge in [0.2, 0.25) is 0 Å². The summed E-state index contributed by atoms with van der Waals surface area (Å²) in [6.07, 6.45) is 1.92. The van der Waals surface area contributed by atoms with E-state index in [2.05, 4.69) is 39.1 Å². The summed E-state index contributed by atoms with van der Waals surface area (Å²) in [6, 6.07) is 10.4. The maximum absolute atomic E-state index is 4.34. The standard InChI is InChI=1S/C11H6BrN/c12-9-4-5-10-11-7(6-13-10)2-1-3-8(9)11/h1-6H. The molecule has 0 atom stereocenters. The van der Waals surface area contributed by atoms with E-state index in [1.807, 2.05) is 18.3 Å². The second-order valence-electron chi connectivity index (χ2n) is 3.09. The molecular formula is C11H6BrN. The first-order valence-electron chi connectivity index (χ1n) is 4.11. The molecule has 0 N–H and O–H groups in total. The Balaban J connectivity index is 2.63. The predicted molar refractivity (Wildman–Crippen MR) is 58.9 cm³/mol. The lowest BCUT2D eigenvalue weighted by Gasteiger charge is -2.01. The molecule has 1 aliphatic heterocycles. The minimum absolute atomic E-state index is 1.08. The first kappa shape index (κ1) is 7.27. The Morgan fingerprint density at radius 1 is 1.08 bits per heavy atom. The monoisotopic (exact) mass is 231 g/mol. The van der Waals surface area contributed by atoms with Crippen molar-refractivity contribution in [2.75, 3.05) is 0 Å². The lowest BCUT2D eigenvalue weighted by molar-refractivity contribution is 1.61.